The van der Waals surface area contributed by atoms with Gasteiger partial charge in [0.2, 0.25) is 0 Å². The summed E-state index contributed by atoms with van der Waals surface area (Å²) >= 11 is 0. The van der Waals surface area contributed by atoms with Crippen LogP contribution in [0, 0.1) is 0 Å². The van der Waals surface area contributed by atoms with Crippen molar-refractivity contribution >= 4 is 34.8 Å². The molecule has 0 fully saturated rings. The molecule has 0 aliphatic carbocycles. The van der Waals surface area contributed by atoms with Gasteiger partial charge in [0, 0.05) is 5.69 Å². The SMILES string of the molecule is C/C([O-])=C(/C(=O)Nc1ccccc1)[P+](c1ccccc1)(c1ccccc1)c1ccccc1. The molecule has 0 radical (unpaired) electrons. The Morgan fingerprint density at radius 1 is 0.625 bits per heavy atom. The highest BCUT2D eigenvalue weighted by molar-refractivity contribution is 7.99. The maximum Gasteiger partial charge on any atom is 0.291 e. The van der Waals surface area contributed by atoms with Crippen molar-refractivity contribution in [3.63, 3.8) is 0 Å². The van der Waals surface area contributed by atoms with Gasteiger partial charge >= 0.3 is 0 Å². The number of para-hydroxylation sites is 1. The van der Waals surface area contributed by atoms with Gasteiger partial charge < -0.3 is 10.4 Å². The summed E-state index contributed by atoms with van der Waals surface area (Å²) in [6.07, 6.45) is 0. The predicted molar refractivity (Wildman–Crippen MR) is 133 cm³/mol. The number of allylic oxidation sites excluding steroid dienone is 1. The molecule has 32 heavy (non-hydrogen) atoms. The molecule has 3 nitrogen and oxygen atoms in total. The third-order valence-corrected chi connectivity index (χ3v) is 9.75. The molecule has 4 aromatic rings. The largest absolute Gasteiger partial charge is 0.873 e. The Balaban J connectivity index is 2.04. The minimum Gasteiger partial charge on any atom is -0.873 e. The highest BCUT2D eigenvalue weighted by Gasteiger charge is 2.52. The molecular weight excluding hydrogens is 413 g/mol. The number of rotatable bonds is 6. The van der Waals surface area contributed by atoms with Crippen LogP contribution in [0.15, 0.2) is 132 Å². The van der Waals surface area contributed by atoms with Crippen LogP contribution in [-0.2, 0) is 4.79 Å². The van der Waals surface area contributed by atoms with Gasteiger partial charge in [-0.25, -0.2) is 0 Å². The van der Waals surface area contributed by atoms with Gasteiger partial charge in [0.1, 0.15) is 23.2 Å². The summed E-state index contributed by atoms with van der Waals surface area (Å²) in [5.74, 6) is -0.600. The zero-order valence-corrected chi connectivity index (χ0v) is 18.7. The first kappa shape index (κ1) is 21.5. The van der Waals surface area contributed by atoms with E-state index < -0.39 is 7.26 Å². The Morgan fingerprint density at radius 2 is 0.969 bits per heavy atom. The van der Waals surface area contributed by atoms with E-state index in [0.29, 0.717) is 5.69 Å². The molecule has 158 valence electrons. The predicted octanol–water partition coefficient (Wildman–Crippen LogP) is 4.21. The van der Waals surface area contributed by atoms with Gasteiger partial charge in [0.25, 0.3) is 5.91 Å². The molecule has 0 bridgehead atoms. The second-order valence-electron chi connectivity index (χ2n) is 7.40. The summed E-state index contributed by atoms with van der Waals surface area (Å²) in [4.78, 5) is 13.8. The van der Waals surface area contributed by atoms with E-state index in [2.05, 4.69) is 5.32 Å². The monoisotopic (exact) mass is 437 g/mol. The summed E-state index contributed by atoms with van der Waals surface area (Å²) in [6.45, 7) is 1.49. The van der Waals surface area contributed by atoms with E-state index in [1.807, 2.05) is 121 Å². The van der Waals surface area contributed by atoms with Crippen molar-refractivity contribution < 1.29 is 9.90 Å². The van der Waals surface area contributed by atoms with Gasteiger partial charge in [-0.2, -0.15) is 0 Å². The number of hydrogen-bond acceptors (Lipinski definition) is 2. The Hall–Kier alpha value is -3.68. The summed E-state index contributed by atoms with van der Waals surface area (Å²) in [6, 6.07) is 39.0. The van der Waals surface area contributed by atoms with Gasteiger partial charge in [-0.15, -0.1) is 0 Å². The fourth-order valence-electron chi connectivity index (χ4n) is 4.05. The Bertz CT molecular complexity index is 1110. The van der Waals surface area contributed by atoms with E-state index >= 15 is 0 Å². The third-order valence-electron chi connectivity index (χ3n) is 5.35. The first-order valence-electron chi connectivity index (χ1n) is 10.4. The smallest absolute Gasteiger partial charge is 0.291 e. The average molecular weight is 437 g/mol. The number of anilines is 1. The number of amides is 1. The lowest BCUT2D eigenvalue weighted by molar-refractivity contribution is -0.302. The Labute approximate surface area is 189 Å². The van der Waals surface area contributed by atoms with Crippen molar-refractivity contribution in [1.29, 1.82) is 0 Å². The molecule has 4 rings (SSSR count). The zero-order valence-electron chi connectivity index (χ0n) is 17.8. The van der Waals surface area contributed by atoms with Crippen LogP contribution in [0.5, 0.6) is 0 Å². The summed E-state index contributed by atoms with van der Waals surface area (Å²) in [7, 11) is -2.76. The molecule has 0 aliphatic heterocycles. The van der Waals surface area contributed by atoms with Gasteiger partial charge in [0.05, 0.1) is 0 Å². The van der Waals surface area contributed by atoms with Crippen LogP contribution in [0.3, 0.4) is 0 Å². The molecule has 0 aliphatic rings. The molecule has 1 N–H and O–H groups in total. The number of nitrogens with one attached hydrogen (secondary N) is 1. The molecule has 0 spiro atoms. The fraction of sp³-hybridized carbons (Fsp3) is 0.0357. The van der Waals surface area contributed by atoms with Crippen LogP contribution >= 0.6 is 7.26 Å². The molecule has 0 aromatic heterocycles. The zero-order chi connectivity index (χ0) is 22.4. The van der Waals surface area contributed by atoms with Crippen molar-refractivity contribution in [2.24, 2.45) is 0 Å². The van der Waals surface area contributed by atoms with Gasteiger partial charge in [-0.05, 0) is 48.5 Å². The number of carbonyl (C=O) groups is 1. The van der Waals surface area contributed by atoms with Crippen molar-refractivity contribution in [2.45, 2.75) is 6.92 Å². The van der Waals surface area contributed by atoms with Crippen LogP contribution in [0.25, 0.3) is 0 Å². The lowest BCUT2D eigenvalue weighted by Crippen LogP contribution is -2.37. The number of hydrogen-bond donors (Lipinski definition) is 1. The first-order chi connectivity index (χ1) is 15.6. The maximum absolute atomic E-state index is 13.8. The van der Waals surface area contributed by atoms with E-state index in [-0.39, 0.29) is 17.0 Å². The van der Waals surface area contributed by atoms with Gasteiger partial charge in [0.15, 0.2) is 5.31 Å². The summed E-state index contributed by atoms with van der Waals surface area (Å²) in [5.41, 5.74) is 0.656. The highest BCUT2D eigenvalue weighted by Crippen LogP contribution is 2.63. The fourth-order valence-corrected chi connectivity index (χ4v) is 8.41. The van der Waals surface area contributed by atoms with E-state index in [4.69, 9.17) is 0 Å². The summed E-state index contributed by atoms with van der Waals surface area (Å²) < 4.78 is 0. The van der Waals surface area contributed by atoms with Crippen LogP contribution in [-0.4, -0.2) is 5.91 Å². The molecule has 4 heteroatoms. The molecular formula is C28H24NO2P. The van der Waals surface area contributed by atoms with E-state index in [9.17, 15) is 9.90 Å². The van der Waals surface area contributed by atoms with Crippen molar-refractivity contribution in [3.8, 4) is 0 Å². The molecule has 0 saturated carbocycles. The molecule has 0 unspecified atom stereocenters. The van der Waals surface area contributed by atoms with E-state index in [1.54, 1.807) is 0 Å². The minimum atomic E-state index is -2.76. The molecule has 0 saturated heterocycles. The average Bonchev–Trinajstić information content (AvgIpc) is 2.84. The topological polar surface area (TPSA) is 52.2 Å². The van der Waals surface area contributed by atoms with Crippen molar-refractivity contribution in [2.75, 3.05) is 5.32 Å². The van der Waals surface area contributed by atoms with Gasteiger partial charge in [-0.1, -0.05) is 85.5 Å². The maximum atomic E-state index is 13.8. The van der Waals surface area contributed by atoms with Crippen molar-refractivity contribution in [1.82, 2.24) is 0 Å². The standard InChI is InChI=1S/C28H24NO2P/c1-22(30)27(28(31)29-23-14-6-2-7-15-23)32(24-16-8-3-9-17-24,25-18-10-4-11-19-25)26-20-12-5-13-21-26/h2-21H,1H3,(H-,29,30,31). The molecule has 4 aromatic carbocycles. The second kappa shape index (κ2) is 9.64. The molecule has 0 heterocycles. The van der Waals surface area contributed by atoms with E-state index in [0.717, 1.165) is 15.9 Å². The highest BCUT2D eigenvalue weighted by atomic mass is 31.2. The van der Waals surface area contributed by atoms with Crippen molar-refractivity contribution in [3.05, 3.63) is 132 Å². The molecule has 0 atom stereocenters. The van der Waals surface area contributed by atoms with Gasteiger partial charge in [-0.3, -0.25) is 4.79 Å². The Morgan fingerprint density at radius 3 is 1.31 bits per heavy atom. The molecule has 1 amide bonds. The van der Waals surface area contributed by atoms with Crippen LogP contribution in [0.1, 0.15) is 6.92 Å². The first-order valence-corrected chi connectivity index (χ1v) is 12.2. The van der Waals surface area contributed by atoms with Crippen LogP contribution < -0.4 is 26.3 Å². The summed E-state index contributed by atoms with van der Waals surface area (Å²) in [5, 5.41) is 19.4. The quantitative estimate of drug-likeness (QED) is 0.279. The van der Waals surface area contributed by atoms with E-state index in [1.165, 1.54) is 6.92 Å². The van der Waals surface area contributed by atoms with Crippen LogP contribution in [0.4, 0.5) is 5.69 Å². The normalized spacial score (nSPS) is 12.0. The lowest BCUT2D eigenvalue weighted by atomic mass is 10.3. The number of benzene rings is 4. The minimum absolute atomic E-state index is 0.233. The third kappa shape index (κ3) is 4.08. The van der Waals surface area contributed by atoms with Crippen LogP contribution in [0.2, 0.25) is 0 Å². The number of carbonyl (C=O) groups excluding carboxylic acids is 1. The Kier molecular flexibility index (Phi) is 6.49. The lowest BCUT2D eigenvalue weighted by Gasteiger charge is -2.31. The second-order valence-corrected chi connectivity index (χ2v) is 10.7.